The van der Waals surface area contributed by atoms with Crippen molar-refractivity contribution in [3.05, 3.63) is 66.7 Å². The molecule has 0 spiro atoms. The van der Waals surface area contributed by atoms with Gasteiger partial charge in [0, 0.05) is 39.3 Å². The summed E-state index contributed by atoms with van der Waals surface area (Å²) in [5, 5.41) is 1.90. The largest absolute Gasteiger partial charge is 0.495 e. The molecule has 0 bridgehead atoms. The molecular formula is C27H31N3O4S. The predicted molar refractivity (Wildman–Crippen MR) is 137 cm³/mol. The fourth-order valence-electron chi connectivity index (χ4n) is 5.16. The van der Waals surface area contributed by atoms with Crippen LogP contribution in [0, 0.1) is 5.92 Å². The average molecular weight is 494 g/mol. The fourth-order valence-corrected chi connectivity index (χ4v) is 6.72. The highest BCUT2D eigenvalue weighted by Crippen LogP contribution is 2.30. The van der Waals surface area contributed by atoms with Crippen molar-refractivity contribution in [2.24, 2.45) is 5.92 Å². The zero-order chi connectivity index (χ0) is 24.4. The van der Waals surface area contributed by atoms with E-state index in [4.69, 9.17) is 4.74 Å². The molecule has 35 heavy (non-hydrogen) atoms. The minimum absolute atomic E-state index is 0.0584. The second-order valence-electron chi connectivity index (χ2n) is 9.20. The lowest BCUT2D eigenvalue weighted by Gasteiger charge is -2.39. The van der Waals surface area contributed by atoms with Crippen molar-refractivity contribution in [2.45, 2.75) is 17.7 Å². The first-order valence-electron chi connectivity index (χ1n) is 12.1. The highest BCUT2D eigenvalue weighted by Gasteiger charge is 2.36. The van der Waals surface area contributed by atoms with Crippen molar-refractivity contribution in [1.29, 1.82) is 0 Å². The fraction of sp³-hybridized carbons (Fsp3) is 0.370. The summed E-state index contributed by atoms with van der Waals surface area (Å²) in [6.07, 6.45) is 1.40. The smallest absolute Gasteiger partial charge is 0.243 e. The van der Waals surface area contributed by atoms with Crippen LogP contribution >= 0.6 is 0 Å². The van der Waals surface area contributed by atoms with Crippen LogP contribution in [-0.4, -0.2) is 69.9 Å². The number of fused-ring (bicyclic) bond motifs is 1. The Bertz CT molecular complexity index is 1320. The molecule has 2 fully saturated rings. The lowest BCUT2D eigenvalue weighted by molar-refractivity contribution is -0.137. The summed E-state index contributed by atoms with van der Waals surface area (Å²) < 4.78 is 33.8. The standard InChI is InChI=1S/C27H31N3O4S/c1-34-26-11-5-4-10-25(26)28-15-17-29(18-16-28)27(31)23-9-6-14-30(20-23)35(32,33)24-13-12-21-7-2-3-8-22(21)19-24/h2-5,7-8,10-13,19,23H,6,9,14-18,20H2,1H3/t23-/m1/s1. The summed E-state index contributed by atoms with van der Waals surface area (Å²) in [4.78, 5) is 17.8. The first kappa shape index (κ1) is 23.6. The monoisotopic (exact) mass is 493 g/mol. The number of ether oxygens (including phenoxy) is 1. The number of nitrogens with zero attached hydrogens (tertiary/aromatic N) is 3. The van der Waals surface area contributed by atoms with E-state index in [1.807, 2.05) is 59.5 Å². The van der Waals surface area contributed by atoms with Crippen LogP contribution in [-0.2, 0) is 14.8 Å². The van der Waals surface area contributed by atoms with E-state index in [9.17, 15) is 13.2 Å². The second-order valence-corrected chi connectivity index (χ2v) is 11.1. The van der Waals surface area contributed by atoms with E-state index in [-0.39, 0.29) is 23.3 Å². The third kappa shape index (κ3) is 4.73. The van der Waals surface area contributed by atoms with Gasteiger partial charge >= 0.3 is 0 Å². The second kappa shape index (κ2) is 9.87. The maximum atomic E-state index is 13.4. The number of carbonyl (C=O) groups excluding carboxylic acids is 1. The SMILES string of the molecule is COc1ccccc1N1CCN(C(=O)[C@@H]2CCCN(S(=O)(=O)c3ccc4ccccc4c3)C2)CC1. The van der Waals surface area contributed by atoms with Gasteiger partial charge in [-0.1, -0.05) is 42.5 Å². The Morgan fingerprint density at radius 1 is 0.886 bits per heavy atom. The summed E-state index contributed by atoms with van der Waals surface area (Å²) >= 11 is 0. The van der Waals surface area contributed by atoms with Crippen LogP contribution in [0.15, 0.2) is 71.6 Å². The normalized spacial score (nSPS) is 19.6. The molecule has 0 N–H and O–H groups in total. The minimum Gasteiger partial charge on any atom is -0.495 e. The number of methoxy groups -OCH3 is 1. The molecule has 3 aromatic rings. The van der Waals surface area contributed by atoms with Gasteiger partial charge in [0.05, 0.1) is 23.6 Å². The van der Waals surface area contributed by atoms with Crippen molar-refractivity contribution < 1.29 is 17.9 Å². The molecule has 8 heteroatoms. The molecule has 5 rings (SSSR count). The van der Waals surface area contributed by atoms with Crippen LogP contribution in [0.25, 0.3) is 10.8 Å². The Balaban J connectivity index is 1.25. The van der Waals surface area contributed by atoms with Gasteiger partial charge in [0.2, 0.25) is 15.9 Å². The van der Waals surface area contributed by atoms with E-state index < -0.39 is 10.0 Å². The molecule has 2 aliphatic rings. The average Bonchev–Trinajstić information content (AvgIpc) is 2.92. The lowest BCUT2D eigenvalue weighted by atomic mass is 9.97. The zero-order valence-corrected chi connectivity index (χ0v) is 20.8. The van der Waals surface area contributed by atoms with Gasteiger partial charge in [0.25, 0.3) is 0 Å². The summed E-state index contributed by atoms with van der Waals surface area (Å²) in [6.45, 7) is 3.35. The van der Waals surface area contributed by atoms with Crippen LogP contribution in [0.4, 0.5) is 5.69 Å². The van der Waals surface area contributed by atoms with Gasteiger partial charge < -0.3 is 14.5 Å². The van der Waals surface area contributed by atoms with E-state index in [0.29, 0.717) is 26.1 Å². The van der Waals surface area contributed by atoms with E-state index in [1.165, 1.54) is 4.31 Å². The lowest BCUT2D eigenvalue weighted by Crippen LogP contribution is -2.53. The summed E-state index contributed by atoms with van der Waals surface area (Å²) in [5.74, 6) is 0.578. The van der Waals surface area contributed by atoms with Gasteiger partial charge in [0.15, 0.2) is 0 Å². The van der Waals surface area contributed by atoms with E-state index in [2.05, 4.69) is 4.90 Å². The van der Waals surface area contributed by atoms with Crippen LogP contribution in [0.3, 0.4) is 0 Å². The topological polar surface area (TPSA) is 70.2 Å². The van der Waals surface area contributed by atoms with Gasteiger partial charge in [-0.05, 0) is 47.9 Å². The molecule has 0 radical (unpaired) electrons. The number of para-hydroxylation sites is 2. The molecule has 2 heterocycles. The molecule has 2 saturated heterocycles. The number of hydrogen-bond acceptors (Lipinski definition) is 5. The van der Waals surface area contributed by atoms with Gasteiger partial charge in [0.1, 0.15) is 5.75 Å². The Morgan fingerprint density at radius 3 is 2.37 bits per heavy atom. The minimum atomic E-state index is -3.66. The van der Waals surface area contributed by atoms with Crippen LogP contribution < -0.4 is 9.64 Å². The molecule has 184 valence electrons. The first-order chi connectivity index (χ1) is 17.0. The van der Waals surface area contributed by atoms with Crippen LogP contribution in [0.2, 0.25) is 0 Å². The quantitative estimate of drug-likeness (QED) is 0.543. The number of piperazine rings is 1. The number of piperidine rings is 1. The van der Waals surface area contributed by atoms with Gasteiger partial charge in [-0.3, -0.25) is 4.79 Å². The number of anilines is 1. The predicted octanol–water partition coefficient (Wildman–Crippen LogP) is 3.60. The summed E-state index contributed by atoms with van der Waals surface area (Å²) in [6, 6.07) is 20.9. The summed E-state index contributed by atoms with van der Waals surface area (Å²) in [5.41, 5.74) is 1.03. The molecule has 2 aliphatic heterocycles. The third-order valence-corrected chi connectivity index (χ3v) is 8.97. The highest BCUT2D eigenvalue weighted by atomic mass is 32.2. The van der Waals surface area contributed by atoms with Crippen LogP contribution in [0.5, 0.6) is 5.75 Å². The molecule has 0 aliphatic carbocycles. The molecule has 1 atom stereocenters. The number of benzene rings is 3. The van der Waals surface area contributed by atoms with Crippen molar-refractivity contribution in [3.8, 4) is 5.75 Å². The number of carbonyl (C=O) groups is 1. The number of hydrogen-bond donors (Lipinski definition) is 0. The van der Waals surface area contributed by atoms with Gasteiger partial charge in [-0.2, -0.15) is 4.31 Å². The van der Waals surface area contributed by atoms with Gasteiger partial charge in [-0.15, -0.1) is 0 Å². The maximum Gasteiger partial charge on any atom is 0.243 e. The van der Waals surface area contributed by atoms with Gasteiger partial charge in [-0.25, -0.2) is 8.42 Å². The number of amides is 1. The summed E-state index contributed by atoms with van der Waals surface area (Å²) in [7, 11) is -2.00. The zero-order valence-electron chi connectivity index (χ0n) is 20.0. The number of sulfonamides is 1. The number of rotatable bonds is 5. The Hall–Kier alpha value is -3.10. The molecule has 7 nitrogen and oxygen atoms in total. The van der Waals surface area contributed by atoms with E-state index >= 15 is 0 Å². The molecule has 0 unspecified atom stereocenters. The molecule has 0 aromatic heterocycles. The molecule has 3 aromatic carbocycles. The third-order valence-electron chi connectivity index (χ3n) is 7.11. The van der Waals surface area contributed by atoms with Crippen LogP contribution in [0.1, 0.15) is 12.8 Å². The van der Waals surface area contributed by atoms with E-state index in [0.717, 1.165) is 41.7 Å². The molecule has 1 amide bonds. The molecule has 0 saturated carbocycles. The Kier molecular flexibility index (Phi) is 6.67. The van der Waals surface area contributed by atoms with E-state index in [1.54, 1.807) is 19.2 Å². The van der Waals surface area contributed by atoms with Crippen molar-refractivity contribution in [1.82, 2.24) is 9.21 Å². The Labute approximate surface area is 206 Å². The first-order valence-corrected chi connectivity index (χ1v) is 13.6. The Morgan fingerprint density at radius 2 is 1.60 bits per heavy atom. The highest BCUT2D eigenvalue weighted by molar-refractivity contribution is 7.89. The molecular weight excluding hydrogens is 462 g/mol. The van der Waals surface area contributed by atoms with Crippen molar-refractivity contribution in [3.63, 3.8) is 0 Å². The maximum absolute atomic E-state index is 13.4. The van der Waals surface area contributed by atoms with Crippen molar-refractivity contribution >= 4 is 32.4 Å². The van der Waals surface area contributed by atoms with Crippen molar-refractivity contribution in [2.75, 3.05) is 51.3 Å².